The molecule has 7 heteroatoms. The highest BCUT2D eigenvalue weighted by atomic mass is 32.2. The van der Waals surface area contributed by atoms with Crippen molar-refractivity contribution in [2.75, 3.05) is 30.8 Å². The molecule has 0 atom stereocenters. The summed E-state index contributed by atoms with van der Waals surface area (Å²) in [5.41, 5.74) is 1.15. The summed E-state index contributed by atoms with van der Waals surface area (Å²) >= 11 is 0. The van der Waals surface area contributed by atoms with Gasteiger partial charge in [0.25, 0.3) is 10.0 Å². The van der Waals surface area contributed by atoms with Crippen LogP contribution in [0.1, 0.15) is 6.92 Å². The van der Waals surface area contributed by atoms with Crippen molar-refractivity contribution in [3.05, 3.63) is 42.5 Å². The summed E-state index contributed by atoms with van der Waals surface area (Å²) in [6.45, 7) is 2.61. The lowest BCUT2D eigenvalue weighted by molar-refractivity contribution is 0.393. The molecule has 23 heavy (non-hydrogen) atoms. The van der Waals surface area contributed by atoms with Gasteiger partial charge in [-0.3, -0.25) is 4.72 Å². The van der Waals surface area contributed by atoms with Crippen LogP contribution in [0.2, 0.25) is 0 Å². The lowest BCUT2D eigenvalue weighted by atomic mass is 10.2. The minimum atomic E-state index is -3.80. The van der Waals surface area contributed by atoms with Gasteiger partial charge < -0.3 is 14.8 Å². The molecule has 124 valence electrons. The van der Waals surface area contributed by atoms with Gasteiger partial charge in [0.05, 0.1) is 19.9 Å². The third-order valence-electron chi connectivity index (χ3n) is 3.17. The van der Waals surface area contributed by atoms with Crippen LogP contribution in [0.3, 0.4) is 0 Å². The predicted octanol–water partition coefficient (Wildman–Crippen LogP) is 2.94. The summed E-state index contributed by atoms with van der Waals surface area (Å²) in [6.07, 6.45) is 0. The molecule has 2 aromatic carbocycles. The largest absolute Gasteiger partial charge is 0.495 e. The Bertz CT molecular complexity index is 761. The third kappa shape index (κ3) is 3.87. The topological polar surface area (TPSA) is 76.7 Å². The van der Waals surface area contributed by atoms with Crippen LogP contribution < -0.4 is 19.5 Å². The molecule has 0 amide bonds. The number of para-hydroxylation sites is 1. The molecule has 0 aliphatic heterocycles. The molecule has 0 spiro atoms. The Kier molecular flexibility index (Phi) is 5.33. The van der Waals surface area contributed by atoms with Gasteiger partial charge >= 0.3 is 0 Å². The maximum atomic E-state index is 12.7. The fraction of sp³-hybridized carbons (Fsp3) is 0.250. The van der Waals surface area contributed by atoms with Gasteiger partial charge in [-0.05, 0) is 19.1 Å². The van der Waals surface area contributed by atoms with Crippen molar-refractivity contribution in [2.24, 2.45) is 0 Å². The standard InChI is InChI=1S/C16H20N2O4S/c1-4-17-13-10-15(22-3)16(11-14(13)21-2)23(19,20)18-12-8-6-5-7-9-12/h5-11,17-18H,4H2,1-3H3. The Balaban J connectivity index is 2.48. The van der Waals surface area contributed by atoms with E-state index in [2.05, 4.69) is 10.0 Å². The smallest absolute Gasteiger partial charge is 0.265 e. The zero-order valence-corrected chi connectivity index (χ0v) is 14.1. The van der Waals surface area contributed by atoms with Gasteiger partial charge in [0.1, 0.15) is 16.4 Å². The van der Waals surface area contributed by atoms with E-state index in [1.807, 2.05) is 13.0 Å². The number of methoxy groups -OCH3 is 2. The summed E-state index contributed by atoms with van der Waals surface area (Å²) in [6, 6.07) is 11.7. The highest BCUT2D eigenvalue weighted by molar-refractivity contribution is 7.92. The second-order valence-electron chi connectivity index (χ2n) is 4.71. The zero-order valence-electron chi connectivity index (χ0n) is 13.3. The van der Waals surface area contributed by atoms with Gasteiger partial charge in [0, 0.05) is 24.4 Å². The molecule has 6 nitrogen and oxygen atoms in total. The first-order valence-electron chi connectivity index (χ1n) is 7.09. The quantitative estimate of drug-likeness (QED) is 0.813. The van der Waals surface area contributed by atoms with E-state index in [0.29, 0.717) is 23.7 Å². The van der Waals surface area contributed by atoms with Crippen molar-refractivity contribution >= 4 is 21.4 Å². The normalized spacial score (nSPS) is 10.9. The van der Waals surface area contributed by atoms with Crippen LogP contribution in [0.4, 0.5) is 11.4 Å². The third-order valence-corrected chi connectivity index (χ3v) is 4.57. The van der Waals surface area contributed by atoms with Crippen molar-refractivity contribution in [3.63, 3.8) is 0 Å². The van der Waals surface area contributed by atoms with Gasteiger partial charge in [-0.15, -0.1) is 0 Å². The summed E-state index contributed by atoms with van der Waals surface area (Å²) in [7, 11) is -0.884. The Hall–Kier alpha value is -2.41. The van der Waals surface area contributed by atoms with E-state index in [9.17, 15) is 8.42 Å². The average molecular weight is 336 g/mol. The first kappa shape index (κ1) is 17.0. The van der Waals surface area contributed by atoms with E-state index in [4.69, 9.17) is 9.47 Å². The van der Waals surface area contributed by atoms with Crippen molar-refractivity contribution in [3.8, 4) is 11.5 Å². The molecule has 0 saturated heterocycles. The van der Waals surface area contributed by atoms with E-state index in [1.165, 1.54) is 20.3 Å². The first-order chi connectivity index (χ1) is 11.0. The highest BCUT2D eigenvalue weighted by Gasteiger charge is 2.22. The molecule has 0 aromatic heterocycles. The Labute approximate surface area is 136 Å². The molecule has 0 unspecified atom stereocenters. The van der Waals surface area contributed by atoms with E-state index >= 15 is 0 Å². The molecule has 0 bridgehead atoms. The van der Waals surface area contributed by atoms with Crippen molar-refractivity contribution < 1.29 is 17.9 Å². The van der Waals surface area contributed by atoms with Gasteiger partial charge in [0.2, 0.25) is 0 Å². The van der Waals surface area contributed by atoms with Gasteiger partial charge in [0.15, 0.2) is 0 Å². The summed E-state index contributed by atoms with van der Waals surface area (Å²) in [5.74, 6) is 0.672. The molecule has 0 fully saturated rings. The minimum Gasteiger partial charge on any atom is -0.495 e. The van der Waals surface area contributed by atoms with Crippen LogP contribution in [0, 0.1) is 0 Å². The molecule has 2 N–H and O–H groups in total. The van der Waals surface area contributed by atoms with E-state index < -0.39 is 10.0 Å². The Morgan fingerprint density at radius 3 is 2.22 bits per heavy atom. The van der Waals surface area contributed by atoms with Gasteiger partial charge in [-0.1, -0.05) is 18.2 Å². The number of hydrogen-bond acceptors (Lipinski definition) is 5. The Morgan fingerprint density at radius 2 is 1.65 bits per heavy atom. The number of ether oxygens (including phenoxy) is 2. The van der Waals surface area contributed by atoms with E-state index in [1.54, 1.807) is 30.3 Å². The van der Waals surface area contributed by atoms with Crippen LogP contribution in [-0.4, -0.2) is 29.2 Å². The molecule has 2 aromatic rings. The number of nitrogens with one attached hydrogen (secondary N) is 2. The van der Waals surface area contributed by atoms with Gasteiger partial charge in [-0.25, -0.2) is 8.42 Å². The fourth-order valence-corrected chi connectivity index (χ4v) is 3.35. The molecule has 0 radical (unpaired) electrons. The summed E-state index contributed by atoms with van der Waals surface area (Å²) in [5, 5.41) is 3.11. The zero-order chi connectivity index (χ0) is 16.9. The average Bonchev–Trinajstić information content (AvgIpc) is 2.55. The first-order valence-corrected chi connectivity index (χ1v) is 8.58. The highest BCUT2D eigenvalue weighted by Crippen LogP contribution is 2.36. The summed E-state index contributed by atoms with van der Waals surface area (Å²) < 4.78 is 38.3. The second kappa shape index (κ2) is 7.23. The molecule has 0 heterocycles. The van der Waals surface area contributed by atoms with Crippen LogP contribution in [0.25, 0.3) is 0 Å². The van der Waals surface area contributed by atoms with Crippen LogP contribution in [-0.2, 0) is 10.0 Å². The van der Waals surface area contributed by atoms with Crippen LogP contribution >= 0.6 is 0 Å². The molecular formula is C16H20N2O4S. The molecule has 0 aliphatic rings. The lowest BCUT2D eigenvalue weighted by Gasteiger charge is -2.16. The van der Waals surface area contributed by atoms with Gasteiger partial charge in [-0.2, -0.15) is 0 Å². The van der Waals surface area contributed by atoms with Crippen molar-refractivity contribution in [1.82, 2.24) is 0 Å². The molecule has 0 saturated carbocycles. The molecule has 2 rings (SSSR count). The Morgan fingerprint density at radius 1 is 1.00 bits per heavy atom. The monoisotopic (exact) mass is 336 g/mol. The minimum absolute atomic E-state index is 0.0161. The summed E-state index contributed by atoms with van der Waals surface area (Å²) in [4.78, 5) is 0.0161. The maximum Gasteiger partial charge on any atom is 0.265 e. The van der Waals surface area contributed by atoms with E-state index in [-0.39, 0.29) is 10.6 Å². The number of rotatable bonds is 7. The molecule has 0 aliphatic carbocycles. The number of anilines is 2. The predicted molar refractivity (Wildman–Crippen MR) is 91.0 cm³/mol. The fourth-order valence-electron chi connectivity index (χ4n) is 2.12. The maximum absolute atomic E-state index is 12.7. The SMILES string of the molecule is CCNc1cc(OC)c(S(=O)(=O)Nc2ccccc2)cc1OC. The molecular weight excluding hydrogens is 316 g/mol. The number of hydrogen-bond donors (Lipinski definition) is 2. The van der Waals surface area contributed by atoms with Crippen molar-refractivity contribution in [2.45, 2.75) is 11.8 Å². The lowest BCUT2D eigenvalue weighted by Crippen LogP contribution is -2.14. The number of benzene rings is 2. The van der Waals surface area contributed by atoms with Crippen LogP contribution in [0.15, 0.2) is 47.4 Å². The number of sulfonamides is 1. The second-order valence-corrected chi connectivity index (χ2v) is 6.36. The van der Waals surface area contributed by atoms with Crippen molar-refractivity contribution in [1.29, 1.82) is 0 Å². The van der Waals surface area contributed by atoms with E-state index in [0.717, 1.165) is 0 Å². The van der Waals surface area contributed by atoms with Crippen LogP contribution in [0.5, 0.6) is 11.5 Å².